The maximum atomic E-state index is 5.74. The Balaban J connectivity index is 0.00000312. The molecule has 0 spiro atoms. The predicted octanol–water partition coefficient (Wildman–Crippen LogP) is 3.16. The summed E-state index contributed by atoms with van der Waals surface area (Å²) in [7, 11) is 1.81. The van der Waals surface area contributed by atoms with Crippen molar-refractivity contribution in [1.82, 2.24) is 15.5 Å². The quantitative estimate of drug-likeness (QED) is 0.373. The maximum absolute atomic E-state index is 5.74. The minimum absolute atomic E-state index is 0. The zero-order chi connectivity index (χ0) is 17.2. The van der Waals surface area contributed by atoms with Crippen molar-refractivity contribution in [3.63, 3.8) is 0 Å². The summed E-state index contributed by atoms with van der Waals surface area (Å²) >= 11 is 0. The molecule has 0 radical (unpaired) electrons. The van der Waals surface area contributed by atoms with Crippen LogP contribution in [0.2, 0.25) is 0 Å². The van der Waals surface area contributed by atoms with Gasteiger partial charge in [0, 0.05) is 32.2 Å². The molecular formula is C19H33IN4O. The highest BCUT2D eigenvalue weighted by Gasteiger charge is 2.10. The van der Waals surface area contributed by atoms with Gasteiger partial charge in [-0.25, -0.2) is 0 Å². The van der Waals surface area contributed by atoms with E-state index in [-0.39, 0.29) is 24.0 Å². The molecule has 0 aliphatic carbocycles. The molecule has 1 aliphatic heterocycles. The molecule has 1 aliphatic rings. The second-order valence-electron chi connectivity index (χ2n) is 6.30. The lowest BCUT2D eigenvalue weighted by molar-refractivity contribution is 0.232. The molecule has 0 unspecified atom stereocenters. The van der Waals surface area contributed by atoms with E-state index in [1.807, 2.05) is 14.0 Å². The largest absolute Gasteiger partial charge is 0.494 e. The van der Waals surface area contributed by atoms with Crippen molar-refractivity contribution in [3.05, 3.63) is 29.3 Å². The van der Waals surface area contributed by atoms with Crippen LogP contribution in [0.4, 0.5) is 0 Å². The number of nitrogens with zero attached hydrogens (tertiary/aromatic N) is 2. The van der Waals surface area contributed by atoms with Crippen molar-refractivity contribution in [2.75, 3.05) is 39.8 Å². The first-order chi connectivity index (χ1) is 11.7. The molecule has 0 aromatic heterocycles. The van der Waals surface area contributed by atoms with Crippen LogP contribution in [0.25, 0.3) is 0 Å². The number of piperidine rings is 1. The fourth-order valence-electron chi connectivity index (χ4n) is 3.01. The van der Waals surface area contributed by atoms with Crippen LogP contribution in [0.1, 0.15) is 37.3 Å². The van der Waals surface area contributed by atoms with E-state index in [9.17, 15) is 0 Å². The molecule has 5 nitrogen and oxygen atoms in total. The monoisotopic (exact) mass is 460 g/mol. The van der Waals surface area contributed by atoms with E-state index in [4.69, 9.17) is 4.74 Å². The predicted molar refractivity (Wildman–Crippen MR) is 116 cm³/mol. The van der Waals surface area contributed by atoms with Gasteiger partial charge in [0.2, 0.25) is 0 Å². The van der Waals surface area contributed by atoms with Crippen molar-refractivity contribution in [1.29, 1.82) is 0 Å². The average Bonchev–Trinajstić information content (AvgIpc) is 2.60. The van der Waals surface area contributed by atoms with Crippen LogP contribution in [0.15, 0.2) is 23.2 Å². The zero-order valence-corrected chi connectivity index (χ0v) is 18.1. The van der Waals surface area contributed by atoms with E-state index < -0.39 is 0 Å². The van der Waals surface area contributed by atoms with Gasteiger partial charge in [0.1, 0.15) is 5.75 Å². The van der Waals surface area contributed by atoms with E-state index >= 15 is 0 Å². The minimum atomic E-state index is 0. The molecule has 2 rings (SSSR count). The highest BCUT2D eigenvalue weighted by Crippen LogP contribution is 2.20. The molecule has 1 saturated heterocycles. The van der Waals surface area contributed by atoms with Crippen LogP contribution in [0.5, 0.6) is 5.75 Å². The van der Waals surface area contributed by atoms with Gasteiger partial charge in [-0.2, -0.15) is 0 Å². The summed E-state index contributed by atoms with van der Waals surface area (Å²) in [6, 6.07) is 6.33. The Labute approximate surface area is 169 Å². The minimum Gasteiger partial charge on any atom is -0.494 e. The van der Waals surface area contributed by atoms with Gasteiger partial charge in [-0.1, -0.05) is 18.6 Å². The molecular weight excluding hydrogens is 427 g/mol. The number of rotatable bonds is 7. The lowest BCUT2D eigenvalue weighted by Crippen LogP contribution is -2.42. The SMILES string of the molecule is CCOc1cc(C)ccc1CNC(=NC)NCCN1CCCCC1.I. The summed E-state index contributed by atoms with van der Waals surface area (Å²) in [5.41, 5.74) is 2.37. The maximum Gasteiger partial charge on any atom is 0.191 e. The fourth-order valence-corrected chi connectivity index (χ4v) is 3.01. The summed E-state index contributed by atoms with van der Waals surface area (Å²) in [5.74, 6) is 1.80. The van der Waals surface area contributed by atoms with Crippen molar-refractivity contribution in [2.45, 2.75) is 39.7 Å². The van der Waals surface area contributed by atoms with Crippen LogP contribution < -0.4 is 15.4 Å². The number of nitrogens with one attached hydrogen (secondary N) is 2. The van der Waals surface area contributed by atoms with Crippen LogP contribution in [0.3, 0.4) is 0 Å². The van der Waals surface area contributed by atoms with E-state index in [1.165, 1.54) is 37.9 Å². The molecule has 0 bridgehead atoms. The van der Waals surface area contributed by atoms with Gasteiger partial charge < -0.3 is 20.3 Å². The van der Waals surface area contributed by atoms with Gasteiger partial charge in [0.25, 0.3) is 0 Å². The van der Waals surface area contributed by atoms with E-state index in [0.29, 0.717) is 13.2 Å². The summed E-state index contributed by atoms with van der Waals surface area (Å²) in [6.45, 7) is 9.95. The Morgan fingerprint density at radius 3 is 2.64 bits per heavy atom. The highest BCUT2D eigenvalue weighted by atomic mass is 127. The van der Waals surface area contributed by atoms with Crippen molar-refractivity contribution < 1.29 is 4.74 Å². The molecule has 25 heavy (non-hydrogen) atoms. The van der Waals surface area contributed by atoms with Crippen molar-refractivity contribution in [2.24, 2.45) is 4.99 Å². The summed E-state index contributed by atoms with van der Waals surface area (Å²) < 4.78 is 5.74. The number of halogens is 1. The third-order valence-corrected chi connectivity index (χ3v) is 4.36. The number of hydrogen-bond donors (Lipinski definition) is 2. The second kappa shape index (κ2) is 12.4. The number of aliphatic imine (C=N–C) groups is 1. The topological polar surface area (TPSA) is 48.9 Å². The second-order valence-corrected chi connectivity index (χ2v) is 6.30. The molecule has 1 heterocycles. The van der Waals surface area contributed by atoms with Gasteiger partial charge in [-0.05, 0) is 51.4 Å². The van der Waals surface area contributed by atoms with Crippen LogP contribution in [-0.4, -0.2) is 50.7 Å². The molecule has 0 saturated carbocycles. The Kier molecular flexibility index (Phi) is 10.9. The first-order valence-corrected chi connectivity index (χ1v) is 9.12. The summed E-state index contributed by atoms with van der Waals surface area (Å²) in [6.07, 6.45) is 4.05. The van der Waals surface area contributed by atoms with Crippen LogP contribution in [0, 0.1) is 6.92 Å². The first kappa shape index (κ1) is 22.0. The first-order valence-electron chi connectivity index (χ1n) is 9.12. The molecule has 1 aromatic rings. The number of ether oxygens (including phenoxy) is 1. The Bertz CT molecular complexity index is 530. The van der Waals surface area contributed by atoms with E-state index in [1.54, 1.807) is 0 Å². The number of benzene rings is 1. The zero-order valence-electron chi connectivity index (χ0n) is 15.8. The molecule has 0 amide bonds. The van der Waals surface area contributed by atoms with Crippen molar-refractivity contribution >= 4 is 29.9 Å². The van der Waals surface area contributed by atoms with Crippen molar-refractivity contribution in [3.8, 4) is 5.75 Å². The van der Waals surface area contributed by atoms with Gasteiger partial charge >= 0.3 is 0 Å². The molecule has 6 heteroatoms. The standard InChI is InChI=1S/C19H32N4O.HI/c1-4-24-18-14-16(2)8-9-17(18)15-22-19(20-3)21-10-13-23-11-6-5-7-12-23;/h8-9,14H,4-7,10-13,15H2,1-3H3,(H2,20,21,22);1H. The lowest BCUT2D eigenvalue weighted by atomic mass is 10.1. The third kappa shape index (κ3) is 7.81. The molecule has 0 atom stereocenters. The Hall–Kier alpha value is -1.02. The summed E-state index contributed by atoms with van der Waals surface area (Å²) in [5, 5.41) is 6.79. The summed E-state index contributed by atoms with van der Waals surface area (Å²) in [4.78, 5) is 6.84. The normalized spacial score (nSPS) is 15.4. The smallest absolute Gasteiger partial charge is 0.191 e. The Morgan fingerprint density at radius 2 is 1.96 bits per heavy atom. The third-order valence-electron chi connectivity index (χ3n) is 4.36. The lowest BCUT2D eigenvalue weighted by Gasteiger charge is -2.26. The van der Waals surface area contributed by atoms with E-state index in [2.05, 4.69) is 45.6 Å². The molecule has 1 fully saturated rings. The van der Waals surface area contributed by atoms with E-state index in [0.717, 1.165) is 30.4 Å². The van der Waals surface area contributed by atoms with Crippen LogP contribution in [-0.2, 0) is 6.54 Å². The Morgan fingerprint density at radius 1 is 1.20 bits per heavy atom. The van der Waals surface area contributed by atoms with Gasteiger partial charge in [0.05, 0.1) is 6.61 Å². The number of likely N-dealkylation sites (tertiary alicyclic amines) is 1. The highest BCUT2D eigenvalue weighted by molar-refractivity contribution is 14.0. The fraction of sp³-hybridized carbons (Fsp3) is 0.632. The van der Waals surface area contributed by atoms with Crippen LogP contribution >= 0.6 is 24.0 Å². The number of guanidine groups is 1. The molecule has 142 valence electrons. The number of aryl methyl sites for hydroxylation is 1. The van der Waals surface area contributed by atoms with Gasteiger partial charge in [-0.3, -0.25) is 4.99 Å². The van der Waals surface area contributed by atoms with Gasteiger partial charge in [0.15, 0.2) is 5.96 Å². The van der Waals surface area contributed by atoms with Gasteiger partial charge in [-0.15, -0.1) is 24.0 Å². The average molecular weight is 460 g/mol. The molecule has 1 aromatic carbocycles. The number of hydrogen-bond acceptors (Lipinski definition) is 3. The molecule has 2 N–H and O–H groups in total.